The zero-order valence-corrected chi connectivity index (χ0v) is 11.6. The molecule has 2 rings (SSSR count). The number of rotatable bonds is 4. The number of nitrogens with zero attached hydrogens (tertiary/aromatic N) is 2. The third-order valence-corrected chi connectivity index (χ3v) is 3.28. The van der Waals surface area contributed by atoms with Crippen molar-refractivity contribution in [2.24, 2.45) is 0 Å². The van der Waals surface area contributed by atoms with Crippen LogP contribution in [0.25, 0.3) is 0 Å². The number of benzene rings is 1. The maximum atomic E-state index is 11.8. The van der Waals surface area contributed by atoms with Gasteiger partial charge in [0, 0.05) is 5.69 Å². The maximum Gasteiger partial charge on any atom is 0.250 e. The summed E-state index contributed by atoms with van der Waals surface area (Å²) >= 11 is 0. The average molecular weight is 284 g/mol. The molecule has 0 aromatic heterocycles. The third-order valence-electron chi connectivity index (χ3n) is 3.28. The molecule has 21 heavy (non-hydrogen) atoms. The number of piperidine rings is 1. The highest BCUT2D eigenvalue weighted by atomic mass is 16.5. The zero-order valence-electron chi connectivity index (χ0n) is 11.6. The Balaban J connectivity index is 1.88. The molecule has 1 amide bonds. The predicted molar refractivity (Wildman–Crippen MR) is 76.3 cm³/mol. The molecule has 0 spiro atoms. The van der Waals surface area contributed by atoms with Crippen molar-refractivity contribution in [1.82, 2.24) is 5.32 Å². The number of ether oxygens (including phenoxy) is 1. The lowest BCUT2D eigenvalue weighted by Gasteiger charge is -2.22. The highest BCUT2D eigenvalue weighted by molar-refractivity contribution is 5.92. The topological polar surface area (TPSA) is 97.9 Å². The Morgan fingerprint density at radius 2 is 2.00 bits per heavy atom. The monoisotopic (exact) mass is 284 g/mol. The van der Waals surface area contributed by atoms with E-state index in [2.05, 4.69) is 10.6 Å². The Morgan fingerprint density at radius 3 is 2.67 bits per heavy atom. The van der Waals surface area contributed by atoms with E-state index in [1.54, 1.807) is 6.07 Å². The minimum Gasteiger partial charge on any atom is -0.368 e. The molecule has 6 nitrogen and oxygen atoms in total. The summed E-state index contributed by atoms with van der Waals surface area (Å²) in [4.78, 5) is 11.8. The van der Waals surface area contributed by atoms with Crippen LogP contribution >= 0.6 is 0 Å². The van der Waals surface area contributed by atoms with Crippen LogP contribution in [-0.2, 0) is 9.53 Å². The van der Waals surface area contributed by atoms with E-state index >= 15 is 0 Å². The summed E-state index contributed by atoms with van der Waals surface area (Å²) in [5.74, 6) is -0.262. The molecule has 6 heteroatoms. The van der Waals surface area contributed by atoms with E-state index in [-0.39, 0.29) is 24.2 Å². The molecular formula is C15H16N4O2. The lowest BCUT2D eigenvalue weighted by atomic mass is 10.1. The number of anilines is 1. The van der Waals surface area contributed by atoms with Crippen LogP contribution in [0.4, 0.5) is 5.69 Å². The van der Waals surface area contributed by atoms with Gasteiger partial charge < -0.3 is 15.4 Å². The Kier molecular flexibility index (Phi) is 5.28. The van der Waals surface area contributed by atoms with Crippen LogP contribution < -0.4 is 10.6 Å². The van der Waals surface area contributed by atoms with E-state index in [1.165, 1.54) is 12.1 Å². The van der Waals surface area contributed by atoms with Crippen molar-refractivity contribution in [2.45, 2.75) is 18.9 Å². The summed E-state index contributed by atoms with van der Waals surface area (Å²) in [5.41, 5.74) is 1.03. The van der Waals surface area contributed by atoms with Crippen LogP contribution in [0.5, 0.6) is 0 Å². The number of carbonyl (C=O) groups excluding carboxylic acids is 1. The molecule has 1 aromatic carbocycles. The average Bonchev–Trinajstić information content (AvgIpc) is 2.53. The molecule has 1 saturated heterocycles. The van der Waals surface area contributed by atoms with Crippen molar-refractivity contribution in [2.75, 3.05) is 25.0 Å². The first-order valence-electron chi connectivity index (χ1n) is 6.79. The Morgan fingerprint density at radius 1 is 1.29 bits per heavy atom. The van der Waals surface area contributed by atoms with Crippen molar-refractivity contribution in [3.63, 3.8) is 0 Å². The molecule has 2 N–H and O–H groups in total. The largest absolute Gasteiger partial charge is 0.368 e. The van der Waals surface area contributed by atoms with Gasteiger partial charge in [-0.25, -0.2) is 0 Å². The van der Waals surface area contributed by atoms with Gasteiger partial charge in [-0.15, -0.1) is 0 Å². The lowest BCUT2D eigenvalue weighted by Crippen LogP contribution is -2.34. The van der Waals surface area contributed by atoms with Gasteiger partial charge in [0.2, 0.25) is 5.91 Å². The molecule has 1 fully saturated rings. The quantitative estimate of drug-likeness (QED) is 0.864. The highest BCUT2D eigenvalue weighted by Gasteiger charge is 2.15. The van der Waals surface area contributed by atoms with Crippen LogP contribution in [0.3, 0.4) is 0 Å². The van der Waals surface area contributed by atoms with E-state index in [0.717, 1.165) is 25.9 Å². The minimum absolute atomic E-state index is 0.00739. The maximum absolute atomic E-state index is 11.8. The van der Waals surface area contributed by atoms with E-state index < -0.39 is 0 Å². The van der Waals surface area contributed by atoms with Gasteiger partial charge >= 0.3 is 0 Å². The van der Waals surface area contributed by atoms with Crippen LogP contribution in [0.2, 0.25) is 0 Å². The van der Waals surface area contributed by atoms with Gasteiger partial charge in [-0.1, -0.05) is 0 Å². The van der Waals surface area contributed by atoms with Gasteiger partial charge in [-0.05, 0) is 44.1 Å². The number of nitriles is 2. The standard InChI is InChI=1S/C15H16N4O2/c16-8-11-1-2-13(7-12(11)9-17)19-15(20)10-21-14-3-5-18-6-4-14/h1-2,7,14,18H,3-6,10H2,(H,19,20). The van der Waals surface area contributed by atoms with Crippen LogP contribution in [0.1, 0.15) is 24.0 Å². The van der Waals surface area contributed by atoms with Crippen molar-refractivity contribution in [3.8, 4) is 12.1 Å². The predicted octanol–water partition coefficient (Wildman–Crippen LogP) is 1.14. The second kappa shape index (κ2) is 7.39. The molecule has 0 unspecified atom stereocenters. The van der Waals surface area contributed by atoms with Gasteiger partial charge in [-0.2, -0.15) is 10.5 Å². The minimum atomic E-state index is -0.262. The number of amides is 1. The summed E-state index contributed by atoms with van der Waals surface area (Å²) < 4.78 is 5.55. The van der Waals surface area contributed by atoms with Gasteiger partial charge in [-0.3, -0.25) is 4.79 Å². The summed E-state index contributed by atoms with van der Waals surface area (Å²) in [7, 11) is 0. The molecule has 1 aliphatic heterocycles. The summed E-state index contributed by atoms with van der Waals surface area (Å²) in [6.07, 6.45) is 1.93. The Hall–Kier alpha value is -2.41. The second-order valence-corrected chi connectivity index (χ2v) is 4.79. The first kappa shape index (κ1) is 15.0. The summed E-state index contributed by atoms with van der Waals surface area (Å²) in [6, 6.07) is 8.46. The smallest absolute Gasteiger partial charge is 0.250 e. The fourth-order valence-corrected chi connectivity index (χ4v) is 2.16. The number of hydrogen-bond acceptors (Lipinski definition) is 5. The summed E-state index contributed by atoms with van der Waals surface area (Å²) in [5, 5.41) is 23.7. The van der Waals surface area contributed by atoms with Gasteiger partial charge in [0.25, 0.3) is 0 Å². The number of hydrogen-bond donors (Lipinski definition) is 2. The highest BCUT2D eigenvalue weighted by Crippen LogP contribution is 2.15. The summed E-state index contributed by atoms with van der Waals surface area (Å²) in [6.45, 7) is 1.81. The molecule has 0 saturated carbocycles. The number of carbonyl (C=O) groups is 1. The molecule has 0 radical (unpaired) electrons. The first-order chi connectivity index (χ1) is 10.2. The van der Waals surface area contributed by atoms with Crippen molar-refractivity contribution < 1.29 is 9.53 Å². The van der Waals surface area contributed by atoms with Crippen LogP contribution in [0.15, 0.2) is 18.2 Å². The number of nitrogens with one attached hydrogen (secondary N) is 2. The third kappa shape index (κ3) is 4.28. The normalized spacial score (nSPS) is 15.0. The zero-order chi connectivity index (χ0) is 15.1. The fraction of sp³-hybridized carbons (Fsp3) is 0.400. The Bertz CT molecular complexity index is 595. The molecule has 1 aromatic rings. The van der Waals surface area contributed by atoms with E-state index in [4.69, 9.17) is 15.3 Å². The second-order valence-electron chi connectivity index (χ2n) is 4.79. The van der Waals surface area contributed by atoms with E-state index in [1.807, 2.05) is 12.1 Å². The van der Waals surface area contributed by atoms with Crippen molar-refractivity contribution >= 4 is 11.6 Å². The molecule has 0 bridgehead atoms. The Labute approximate surface area is 123 Å². The van der Waals surface area contributed by atoms with E-state index in [9.17, 15) is 4.79 Å². The fourth-order valence-electron chi connectivity index (χ4n) is 2.16. The SMILES string of the molecule is N#Cc1ccc(NC(=O)COC2CCNCC2)cc1C#N. The molecule has 0 aliphatic carbocycles. The van der Waals surface area contributed by atoms with E-state index in [0.29, 0.717) is 11.3 Å². The molecular weight excluding hydrogens is 268 g/mol. The van der Waals surface area contributed by atoms with Crippen LogP contribution in [-0.4, -0.2) is 31.7 Å². The van der Waals surface area contributed by atoms with Gasteiger partial charge in [0.15, 0.2) is 0 Å². The molecule has 0 atom stereocenters. The molecule has 1 heterocycles. The first-order valence-corrected chi connectivity index (χ1v) is 6.79. The van der Waals surface area contributed by atoms with Crippen molar-refractivity contribution in [1.29, 1.82) is 10.5 Å². The van der Waals surface area contributed by atoms with Gasteiger partial charge in [0.1, 0.15) is 18.7 Å². The van der Waals surface area contributed by atoms with Crippen molar-refractivity contribution in [3.05, 3.63) is 29.3 Å². The molecule has 108 valence electrons. The molecule has 1 aliphatic rings. The van der Waals surface area contributed by atoms with Gasteiger partial charge in [0.05, 0.1) is 17.2 Å². The lowest BCUT2D eigenvalue weighted by molar-refractivity contribution is -0.123. The van der Waals surface area contributed by atoms with Crippen LogP contribution in [0, 0.1) is 22.7 Å².